The van der Waals surface area contributed by atoms with Crippen LogP contribution in [0.1, 0.15) is 18.6 Å². The number of hydrogen-bond donors (Lipinski definition) is 4. The Hall–Kier alpha value is -3.82. The van der Waals surface area contributed by atoms with Gasteiger partial charge in [0.05, 0.1) is 18.0 Å². The van der Waals surface area contributed by atoms with Crippen LogP contribution in [-0.4, -0.2) is 30.3 Å². The first-order valence-corrected chi connectivity index (χ1v) is 12.1. The Morgan fingerprint density at radius 2 is 1.72 bits per heavy atom. The van der Waals surface area contributed by atoms with E-state index in [0.717, 1.165) is 4.47 Å². The van der Waals surface area contributed by atoms with Gasteiger partial charge in [-0.2, -0.15) is 0 Å². The smallest absolute Gasteiger partial charge is 0.412 e. The molecule has 188 valence electrons. The average Bonchev–Trinajstić information content (AvgIpc) is 2.88. The SMILES string of the molecule is C[C@H](/C=C/C(=O)Nc1ccccc1N)[C@H](OC(=O)Nc1ccc(Br)cc1)c1ccc(OCCO)cc1. The molecule has 8 nitrogen and oxygen atoms in total. The van der Waals surface area contributed by atoms with Gasteiger partial charge in [-0.15, -0.1) is 0 Å². The van der Waals surface area contributed by atoms with Crippen LogP contribution in [0.15, 0.2) is 89.4 Å². The monoisotopic (exact) mass is 553 g/mol. The number of ether oxygens (including phenoxy) is 2. The zero-order valence-corrected chi connectivity index (χ0v) is 21.3. The summed E-state index contributed by atoms with van der Waals surface area (Å²) in [7, 11) is 0. The standard InChI is InChI=1S/C27H28BrN3O5/c1-18(6-15-25(33)31-24-5-3-2-4-23(24)29)26(19-7-13-22(14-8-19)35-17-16-32)36-27(34)30-21-11-9-20(28)10-12-21/h2-15,18,26,32H,16-17,29H2,1H3,(H,30,34)(H,31,33)/b15-6+/t18-,26+/m1/s1. The van der Waals surface area contributed by atoms with Crippen molar-refractivity contribution in [1.29, 1.82) is 0 Å². The molecule has 0 aliphatic heterocycles. The van der Waals surface area contributed by atoms with E-state index in [2.05, 4.69) is 26.6 Å². The highest BCUT2D eigenvalue weighted by Gasteiger charge is 2.23. The fourth-order valence-corrected chi connectivity index (χ4v) is 3.58. The van der Waals surface area contributed by atoms with Crippen LogP contribution in [0.3, 0.4) is 0 Å². The van der Waals surface area contributed by atoms with Gasteiger partial charge in [-0.05, 0) is 60.2 Å². The number of carbonyl (C=O) groups excluding carboxylic acids is 2. The summed E-state index contributed by atoms with van der Waals surface area (Å²) in [5, 5.41) is 14.4. The molecule has 0 aliphatic carbocycles. The molecule has 2 atom stereocenters. The van der Waals surface area contributed by atoms with Crippen molar-refractivity contribution in [3.8, 4) is 5.75 Å². The number of amides is 2. The van der Waals surface area contributed by atoms with Gasteiger partial charge in [-0.3, -0.25) is 10.1 Å². The molecule has 3 aromatic rings. The fraction of sp³-hybridized carbons (Fsp3) is 0.185. The molecule has 0 spiro atoms. The van der Waals surface area contributed by atoms with Gasteiger partial charge in [0.25, 0.3) is 0 Å². The lowest BCUT2D eigenvalue weighted by molar-refractivity contribution is -0.111. The number of nitrogen functional groups attached to an aromatic ring is 1. The van der Waals surface area contributed by atoms with Crippen LogP contribution in [-0.2, 0) is 9.53 Å². The molecule has 2 amide bonds. The lowest BCUT2D eigenvalue weighted by Gasteiger charge is -2.23. The van der Waals surface area contributed by atoms with Crippen LogP contribution in [0.5, 0.6) is 5.75 Å². The summed E-state index contributed by atoms with van der Waals surface area (Å²) in [6.45, 7) is 1.92. The molecule has 0 saturated heterocycles. The highest BCUT2D eigenvalue weighted by molar-refractivity contribution is 9.10. The molecule has 0 unspecified atom stereocenters. The van der Waals surface area contributed by atoms with Gasteiger partial charge >= 0.3 is 6.09 Å². The van der Waals surface area contributed by atoms with Gasteiger partial charge < -0.3 is 25.6 Å². The van der Waals surface area contributed by atoms with Crippen molar-refractivity contribution in [2.24, 2.45) is 5.92 Å². The molecule has 0 radical (unpaired) electrons. The minimum atomic E-state index is -0.696. The highest BCUT2D eigenvalue weighted by Crippen LogP contribution is 2.29. The molecule has 0 saturated carbocycles. The molecule has 3 aromatic carbocycles. The van der Waals surface area contributed by atoms with E-state index in [9.17, 15) is 9.59 Å². The lowest BCUT2D eigenvalue weighted by Crippen LogP contribution is -2.21. The molecule has 0 fully saturated rings. The molecular formula is C27H28BrN3O5. The average molecular weight is 554 g/mol. The van der Waals surface area contributed by atoms with Gasteiger partial charge in [0.15, 0.2) is 0 Å². The van der Waals surface area contributed by atoms with Crippen LogP contribution < -0.4 is 21.1 Å². The number of benzene rings is 3. The molecule has 9 heteroatoms. The van der Waals surface area contributed by atoms with Crippen molar-refractivity contribution < 1.29 is 24.2 Å². The molecule has 5 N–H and O–H groups in total. The quantitative estimate of drug-likeness (QED) is 0.193. The predicted octanol–water partition coefficient (Wildman–Crippen LogP) is 5.52. The molecular weight excluding hydrogens is 526 g/mol. The number of para-hydroxylation sites is 2. The Balaban J connectivity index is 1.74. The minimum absolute atomic E-state index is 0.0950. The Kier molecular flexibility index (Phi) is 9.91. The largest absolute Gasteiger partial charge is 0.491 e. The minimum Gasteiger partial charge on any atom is -0.491 e. The van der Waals surface area contributed by atoms with E-state index in [0.29, 0.717) is 28.4 Å². The Labute approximate surface area is 218 Å². The molecule has 3 rings (SSSR count). The summed E-state index contributed by atoms with van der Waals surface area (Å²) < 4.78 is 12.1. The van der Waals surface area contributed by atoms with E-state index in [4.69, 9.17) is 20.3 Å². The number of halogens is 1. The summed E-state index contributed by atoms with van der Waals surface area (Å²) in [6, 6.07) is 21.1. The second kappa shape index (κ2) is 13.3. The highest BCUT2D eigenvalue weighted by atomic mass is 79.9. The van der Waals surface area contributed by atoms with Crippen LogP contribution in [0, 0.1) is 5.92 Å². The van der Waals surface area contributed by atoms with Crippen LogP contribution in [0.2, 0.25) is 0 Å². The topological polar surface area (TPSA) is 123 Å². The van der Waals surface area contributed by atoms with Crippen molar-refractivity contribution in [3.63, 3.8) is 0 Å². The molecule has 36 heavy (non-hydrogen) atoms. The van der Waals surface area contributed by atoms with Crippen molar-refractivity contribution >= 4 is 45.0 Å². The number of nitrogens with one attached hydrogen (secondary N) is 2. The normalized spacial score (nSPS) is 12.5. The van der Waals surface area contributed by atoms with Crippen LogP contribution >= 0.6 is 15.9 Å². The summed E-state index contributed by atoms with van der Waals surface area (Å²) in [5.74, 6) is -0.136. The number of rotatable bonds is 10. The fourth-order valence-electron chi connectivity index (χ4n) is 3.32. The number of aliphatic hydroxyl groups excluding tert-OH is 1. The number of hydrogen-bond acceptors (Lipinski definition) is 6. The van der Waals surface area contributed by atoms with Crippen molar-refractivity contribution in [2.75, 3.05) is 29.6 Å². The zero-order chi connectivity index (χ0) is 25.9. The van der Waals surface area contributed by atoms with Crippen molar-refractivity contribution in [2.45, 2.75) is 13.0 Å². The van der Waals surface area contributed by atoms with Gasteiger partial charge in [-0.1, -0.05) is 53.2 Å². The van der Waals surface area contributed by atoms with E-state index < -0.39 is 12.2 Å². The van der Waals surface area contributed by atoms with Crippen LogP contribution in [0.4, 0.5) is 21.9 Å². The number of aliphatic hydroxyl groups is 1. The van der Waals surface area contributed by atoms with Gasteiger partial charge in [-0.25, -0.2) is 4.79 Å². The second-order valence-electron chi connectivity index (χ2n) is 7.89. The summed E-state index contributed by atoms with van der Waals surface area (Å²) >= 11 is 3.36. The van der Waals surface area contributed by atoms with E-state index in [1.54, 1.807) is 66.7 Å². The summed E-state index contributed by atoms with van der Waals surface area (Å²) in [6.07, 6.45) is 1.73. The third-order valence-corrected chi connectivity index (χ3v) is 5.67. The maximum Gasteiger partial charge on any atom is 0.412 e. The Morgan fingerprint density at radius 3 is 2.39 bits per heavy atom. The number of carbonyl (C=O) groups is 2. The Morgan fingerprint density at radius 1 is 1.03 bits per heavy atom. The molecule has 0 aromatic heterocycles. The second-order valence-corrected chi connectivity index (χ2v) is 8.81. The number of nitrogens with two attached hydrogens (primary N) is 1. The van der Waals surface area contributed by atoms with E-state index >= 15 is 0 Å². The first kappa shape index (κ1) is 26.8. The van der Waals surface area contributed by atoms with Gasteiger partial charge in [0.2, 0.25) is 5.91 Å². The maximum absolute atomic E-state index is 12.7. The molecule has 0 heterocycles. The number of anilines is 3. The van der Waals surface area contributed by atoms with Crippen LogP contribution in [0.25, 0.3) is 0 Å². The summed E-state index contributed by atoms with van der Waals surface area (Å²) in [4.78, 5) is 25.1. The molecule has 0 aliphatic rings. The third-order valence-electron chi connectivity index (χ3n) is 5.14. The predicted molar refractivity (Wildman–Crippen MR) is 144 cm³/mol. The lowest BCUT2D eigenvalue weighted by atomic mass is 9.96. The van der Waals surface area contributed by atoms with E-state index in [1.165, 1.54) is 6.08 Å². The van der Waals surface area contributed by atoms with E-state index in [-0.39, 0.29) is 25.0 Å². The zero-order valence-electron chi connectivity index (χ0n) is 19.7. The maximum atomic E-state index is 12.7. The van der Waals surface area contributed by atoms with E-state index in [1.807, 2.05) is 19.1 Å². The first-order valence-electron chi connectivity index (χ1n) is 11.3. The van der Waals surface area contributed by atoms with Crippen molar-refractivity contribution in [1.82, 2.24) is 0 Å². The molecule has 0 bridgehead atoms. The van der Waals surface area contributed by atoms with Gasteiger partial charge in [0.1, 0.15) is 18.5 Å². The van der Waals surface area contributed by atoms with Gasteiger partial charge in [0, 0.05) is 16.1 Å². The summed E-state index contributed by atoms with van der Waals surface area (Å²) in [5.41, 5.74) is 8.15. The van der Waals surface area contributed by atoms with Crippen molar-refractivity contribution in [3.05, 3.63) is 95.0 Å². The first-order chi connectivity index (χ1) is 17.4. The Bertz CT molecular complexity index is 1180. The third kappa shape index (κ3) is 8.14.